The fourth-order valence-electron chi connectivity index (χ4n) is 9.14. The van der Waals surface area contributed by atoms with Gasteiger partial charge in [0.05, 0.1) is 12.2 Å². The zero-order valence-electron chi connectivity index (χ0n) is 16.4. The summed E-state index contributed by atoms with van der Waals surface area (Å²) in [7, 11) is 0. The van der Waals surface area contributed by atoms with Gasteiger partial charge in [0.1, 0.15) is 0 Å². The molecule has 0 aromatic rings. The van der Waals surface area contributed by atoms with Crippen LogP contribution in [0, 0.1) is 51.8 Å². The first-order chi connectivity index (χ1) is 12.6. The van der Waals surface area contributed by atoms with Gasteiger partial charge >= 0.3 is 0 Å². The number of aliphatic hydroxyl groups excluding tert-OH is 1. The molecule has 0 aromatic heterocycles. The quantitative estimate of drug-likeness (QED) is 0.574. The van der Waals surface area contributed by atoms with Crippen molar-refractivity contribution in [3.05, 3.63) is 11.6 Å². The van der Waals surface area contributed by atoms with Crippen molar-refractivity contribution in [2.75, 3.05) is 0 Å². The van der Waals surface area contributed by atoms with Crippen LogP contribution in [0.5, 0.6) is 0 Å². The summed E-state index contributed by atoms with van der Waals surface area (Å²) >= 11 is 0. The average molecular weight is 354 g/mol. The monoisotopic (exact) mass is 353 g/mol. The van der Waals surface area contributed by atoms with Gasteiger partial charge < -0.3 is 5.11 Å². The van der Waals surface area contributed by atoms with Crippen molar-refractivity contribution < 1.29 is 5.11 Å². The molecule has 2 nitrogen and oxygen atoms in total. The van der Waals surface area contributed by atoms with E-state index in [9.17, 15) is 10.4 Å². The lowest BCUT2D eigenvalue weighted by molar-refractivity contribution is -0.132. The third-order valence-corrected chi connectivity index (χ3v) is 10.2. The highest BCUT2D eigenvalue weighted by Crippen LogP contribution is 2.70. The van der Waals surface area contributed by atoms with Crippen molar-refractivity contribution in [1.82, 2.24) is 0 Å². The highest BCUT2D eigenvalue weighted by atomic mass is 16.3. The van der Waals surface area contributed by atoms with Crippen molar-refractivity contribution in [3.63, 3.8) is 0 Å². The van der Waals surface area contributed by atoms with E-state index >= 15 is 0 Å². The van der Waals surface area contributed by atoms with Gasteiger partial charge in [0.25, 0.3) is 0 Å². The van der Waals surface area contributed by atoms with Crippen LogP contribution in [-0.4, -0.2) is 11.2 Å². The van der Waals surface area contributed by atoms with Gasteiger partial charge in [-0.25, -0.2) is 0 Å². The minimum Gasteiger partial charge on any atom is -0.393 e. The van der Waals surface area contributed by atoms with Gasteiger partial charge in [-0.2, -0.15) is 5.26 Å². The third kappa shape index (κ3) is 2.25. The van der Waals surface area contributed by atoms with Crippen LogP contribution in [0.1, 0.15) is 84.0 Å². The van der Waals surface area contributed by atoms with E-state index in [0.29, 0.717) is 10.8 Å². The normalized spacial score (nSPS) is 54.6. The Labute approximate surface area is 159 Å². The number of fused-ring (bicyclic) bond motifs is 4. The summed E-state index contributed by atoms with van der Waals surface area (Å²) < 4.78 is 0. The summed E-state index contributed by atoms with van der Waals surface area (Å²) in [5, 5.41) is 19.5. The Morgan fingerprint density at radius 1 is 1.04 bits per heavy atom. The van der Waals surface area contributed by atoms with Gasteiger partial charge in [-0.1, -0.05) is 12.5 Å². The minimum absolute atomic E-state index is 0.0348. The second-order valence-electron chi connectivity index (χ2n) is 10.7. The lowest BCUT2D eigenvalue weighted by Crippen LogP contribution is -2.55. The molecule has 0 radical (unpaired) electrons. The Balaban J connectivity index is 1.45. The van der Waals surface area contributed by atoms with E-state index in [1.54, 1.807) is 0 Å². The van der Waals surface area contributed by atoms with E-state index in [-0.39, 0.29) is 6.10 Å². The van der Waals surface area contributed by atoms with E-state index in [1.807, 2.05) is 6.08 Å². The van der Waals surface area contributed by atoms with Crippen LogP contribution in [0.25, 0.3) is 0 Å². The fraction of sp³-hybridized carbons (Fsp3) is 0.875. The van der Waals surface area contributed by atoms with Gasteiger partial charge in [-0.05, 0) is 117 Å². The highest BCUT2D eigenvalue weighted by molar-refractivity contribution is 5.25. The molecule has 0 bridgehead atoms. The van der Waals surface area contributed by atoms with E-state index in [2.05, 4.69) is 13.0 Å². The van der Waals surface area contributed by atoms with Crippen molar-refractivity contribution in [2.24, 2.45) is 40.4 Å². The first-order valence-corrected chi connectivity index (χ1v) is 11.3. The average Bonchev–Trinajstić information content (AvgIpc) is 3.03. The Kier molecular flexibility index (Phi) is 4.06. The molecular weight excluding hydrogens is 318 g/mol. The van der Waals surface area contributed by atoms with Crippen LogP contribution in [0.2, 0.25) is 0 Å². The molecule has 142 valence electrons. The number of hydrogen-bond acceptors (Lipinski definition) is 2. The molecule has 0 saturated heterocycles. The smallest absolute Gasteiger partial charge is 0.0911 e. The van der Waals surface area contributed by atoms with Gasteiger partial charge in [0, 0.05) is 6.08 Å². The molecule has 0 unspecified atom stereocenters. The first kappa shape index (κ1) is 17.3. The number of rotatable bonds is 0. The van der Waals surface area contributed by atoms with Crippen molar-refractivity contribution in [2.45, 2.75) is 90.1 Å². The Bertz CT molecular complexity index is 647. The maximum absolute atomic E-state index is 10.2. The lowest BCUT2D eigenvalue weighted by Gasteiger charge is -2.62. The van der Waals surface area contributed by atoms with E-state index in [4.69, 9.17) is 0 Å². The molecule has 5 rings (SSSR count). The zero-order chi connectivity index (χ0) is 17.9. The molecule has 8 atom stereocenters. The molecule has 0 heterocycles. The standard InChI is InChI=1S/C24H35NO/c1-23-12-8-18(26)15-17(23)4-5-19-21(23)9-13-24-11-2-3-16(10-14-25)20(24)6-7-22(19)24/h10,17-22,26H,2-9,11-13,15H2,1H3/t17-,18+,19+,20+,21-,22-,23-,24-/m0/s1. The van der Waals surface area contributed by atoms with Crippen molar-refractivity contribution in [3.8, 4) is 6.07 Å². The second-order valence-corrected chi connectivity index (χ2v) is 10.7. The van der Waals surface area contributed by atoms with Crippen LogP contribution in [0.15, 0.2) is 11.6 Å². The predicted molar refractivity (Wildman–Crippen MR) is 103 cm³/mol. The second kappa shape index (κ2) is 6.10. The van der Waals surface area contributed by atoms with Gasteiger partial charge in [0.15, 0.2) is 0 Å². The summed E-state index contributed by atoms with van der Waals surface area (Å²) in [5.41, 5.74) is 2.53. The number of nitrogens with zero attached hydrogens (tertiary/aromatic N) is 1. The Morgan fingerprint density at radius 3 is 2.77 bits per heavy atom. The van der Waals surface area contributed by atoms with Crippen LogP contribution < -0.4 is 0 Å². The molecule has 0 amide bonds. The Morgan fingerprint density at radius 2 is 1.92 bits per heavy atom. The zero-order valence-corrected chi connectivity index (χ0v) is 16.4. The van der Waals surface area contributed by atoms with Crippen LogP contribution in [-0.2, 0) is 0 Å². The van der Waals surface area contributed by atoms with Crippen LogP contribution in [0.4, 0.5) is 0 Å². The van der Waals surface area contributed by atoms with E-state index in [1.165, 1.54) is 69.8 Å². The molecular formula is C24H35NO. The van der Waals surface area contributed by atoms with Gasteiger partial charge in [0.2, 0.25) is 0 Å². The molecule has 5 aliphatic rings. The largest absolute Gasteiger partial charge is 0.393 e. The van der Waals surface area contributed by atoms with Gasteiger partial charge in [-0.3, -0.25) is 0 Å². The highest BCUT2D eigenvalue weighted by Gasteiger charge is 2.62. The summed E-state index contributed by atoms with van der Waals surface area (Å²) in [6.07, 6.45) is 17.5. The summed E-state index contributed by atoms with van der Waals surface area (Å²) in [5.74, 6) is 4.22. The number of allylic oxidation sites excluding steroid dienone is 2. The fourth-order valence-corrected chi connectivity index (χ4v) is 9.14. The van der Waals surface area contributed by atoms with Crippen molar-refractivity contribution in [1.29, 1.82) is 5.26 Å². The SMILES string of the molecule is C[C@]12CC[C@@H](O)C[C@@H]1CC[C@@H]1[C@@H]2CC[C@@]23CCCC(=CC#N)[C@H]2CC[C@@H]13. The summed E-state index contributed by atoms with van der Waals surface area (Å²) in [6, 6.07) is 2.36. The molecule has 5 saturated carbocycles. The summed E-state index contributed by atoms with van der Waals surface area (Å²) in [4.78, 5) is 0. The minimum atomic E-state index is -0.0348. The molecule has 5 fully saturated rings. The Hall–Kier alpha value is -0.810. The van der Waals surface area contributed by atoms with Crippen molar-refractivity contribution >= 4 is 0 Å². The molecule has 5 aliphatic carbocycles. The van der Waals surface area contributed by atoms with E-state index < -0.39 is 0 Å². The number of nitriles is 1. The topological polar surface area (TPSA) is 44.0 Å². The maximum Gasteiger partial charge on any atom is 0.0911 e. The summed E-state index contributed by atoms with van der Waals surface area (Å²) in [6.45, 7) is 2.59. The molecule has 0 aromatic carbocycles. The van der Waals surface area contributed by atoms with Gasteiger partial charge in [-0.15, -0.1) is 0 Å². The third-order valence-electron chi connectivity index (χ3n) is 10.2. The maximum atomic E-state index is 10.2. The first-order valence-electron chi connectivity index (χ1n) is 11.3. The molecule has 0 aliphatic heterocycles. The lowest BCUT2D eigenvalue weighted by atomic mass is 9.43. The number of aliphatic hydroxyl groups is 1. The predicted octanol–water partition coefficient (Wildman–Crippen LogP) is 5.62. The molecule has 1 N–H and O–H groups in total. The van der Waals surface area contributed by atoms with Crippen LogP contribution >= 0.6 is 0 Å². The van der Waals surface area contributed by atoms with Crippen LogP contribution in [0.3, 0.4) is 0 Å². The number of hydrogen-bond donors (Lipinski definition) is 1. The van der Waals surface area contributed by atoms with E-state index in [0.717, 1.165) is 42.4 Å². The molecule has 26 heavy (non-hydrogen) atoms. The molecule has 2 heteroatoms. The molecule has 1 spiro atoms.